The van der Waals surface area contributed by atoms with Crippen LogP contribution in [-0.2, 0) is 16.4 Å². The second-order valence-corrected chi connectivity index (χ2v) is 9.49. The van der Waals surface area contributed by atoms with Crippen LogP contribution in [-0.4, -0.2) is 29.0 Å². The van der Waals surface area contributed by atoms with Gasteiger partial charge in [-0.15, -0.1) is 0 Å². The van der Waals surface area contributed by atoms with E-state index in [2.05, 4.69) is 11.6 Å². The smallest absolute Gasteiger partial charge is 0.261 e. The standard InChI is InChI=1S/C19H24N2O3S/c1-6-7-14(2)15-8-9-16-17(12-15)20-13-21(18(16)22)11-10-19(3,4)25(5,23)24/h6-9,12-13H,1,10-11H2,2-5H3/b14-7+. The lowest BCUT2D eigenvalue weighted by Crippen LogP contribution is -2.34. The normalized spacial score (nSPS) is 13.2. The average Bonchev–Trinajstić information content (AvgIpc) is 2.53. The van der Waals surface area contributed by atoms with Gasteiger partial charge in [-0.1, -0.05) is 24.8 Å². The fourth-order valence-electron chi connectivity index (χ4n) is 2.41. The summed E-state index contributed by atoms with van der Waals surface area (Å²) in [7, 11) is -3.20. The van der Waals surface area contributed by atoms with Crippen molar-refractivity contribution in [3.05, 3.63) is 59.2 Å². The van der Waals surface area contributed by atoms with E-state index < -0.39 is 14.6 Å². The van der Waals surface area contributed by atoms with Crippen molar-refractivity contribution in [2.75, 3.05) is 6.26 Å². The van der Waals surface area contributed by atoms with Gasteiger partial charge in [0.15, 0.2) is 9.84 Å². The fraction of sp³-hybridized carbons (Fsp3) is 0.368. The molecular formula is C19H24N2O3S. The van der Waals surface area contributed by atoms with E-state index in [0.717, 1.165) is 11.1 Å². The van der Waals surface area contributed by atoms with Crippen molar-refractivity contribution in [3.63, 3.8) is 0 Å². The molecule has 0 radical (unpaired) electrons. The van der Waals surface area contributed by atoms with Crippen LogP contribution in [0.15, 0.2) is 48.1 Å². The van der Waals surface area contributed by atoms with Gasteiger partial charge in [-0.3, -0.25) is 9.36 Å². The molecule has 0 amide bonds. The highest BCUT2D eigenvalue weighted by molar-refractivity contribution is 7.92. The molecule has 134 valence electrons. The van der Waals surface area contributed by atoms with Crippen LogP contribution in [0.2, 0.25) is 0 Å². The zero-order valence-electron chi connectivity index (χ0n) is 15.1. The number of sulfone groups is 1. The van der Waals surface area contributed by atoms with Gasteiger partial charge in [-0.2, -0.15) is 0 Å². The number of aromatic nitrogens is 2. The SMILES string of the molecule is C=C/C=C(\C)c1ccc2c(=O)n(CCC(C)(C)S(C)(=O)=O)cnc2c1. The maximum atomic E-state index is 12.6. The molecule has 0 atom stereocenters. The molecular weight excluding hydrogens is 336 g/mol. The van der Waals surface area contributed by atoms with E-state index in [9.17, 15) is 13.2 Å². The molecule has 2 aromatic rings. The maximum Gasteiger partial charge on any atom is 0.261 e. The van der Waals surface area contributed by atoms with Crippen molar-refractivity contribution in [1.82, 2.24) is 9.55 Å². The lowest BCUT2D eigenvalue weighted by atomic mass is 10.1. The molecule has 0 aliphatic carbocycles. The monoisotopic (exact) mass is 360 g/mol. The average molecular weight is 360 g/mol. The van der Waals surface area contributed by atoms with Crippen molar-refractivity contribution in [2.24, 2.45) is 0 Å². The summed E-state index contributed by atoms with van der Waals surface area (Å²) in [6.45, 7) is 9.30. The van der Waals surface area contributed by atoms with Crippen LogP contribution < -0.4 is 5.56 Å². The third-order valence-corrected chi connectivity index (χ3v) is 6.82. The number of hydrogen-bond donors (Lipinski definition) is 0. The van der Waals surface area contributed by atoms with E-state index in [-0.39, 0.29) is 5.56 Å². The minimum Gasteiger partial charge on any atom is -0.299 e. The number of hydrogen-bond acceptors (Lipinski definition) is 4. The van der Waals surface area contributed by atoms with Crippen LogP contribution >= 0.6 is 0 Å². The first-order chi connectivity index (χ1) is 11.6. The van der Waals surface area contributed by atoms with Gasteiger partial charge in [0.2, 0.25) is 0 Å². The molecule has 0 spiro atoms. The van der Waals surface area contributed by atoms with Crippen LogP contribution in [0.3, 0.4) is 0 Å². The second kappa shape index (κ2) is 6.96. The molecule has 2 rings (SSSR count). The Kier molecular flexibility index (Phi) is 5.32. The fourth-order valence-corrected chi connectivity index (χ4v) is 2.87. The van der Waals surface area contributed by atoms with Gasteiger partial charge in [-0.25, -0.2) is 13.4 Å². The van der Waals surface area contributed by atoms with Crippen molar-refractivity contribution < 1.29 is 8.42 Å². The topological polar surface area (TPSA) is 69.0 Å². The summed E-state index contributed by atoms with van der Waals surface area (Å²) >= 11 is 0. The van der Waals surface area contributed by atoms with Crippen LogP contribution in [0, 0.1) is 0 Å². The quantitative estimate of drug-likeness (QED) is 0.742. The van der Waals surface area contributed by atoms with Crippen molar-refractivity contribution in [2.45, 2.75) is 38.5 Å². The number of benzene rings is 1. The molecule has 1 heterocycles. The molecule has 0 saturated heterocycles. The molecule has 0 saturated carbocycles. The largest absolute Gasteiger partial charge is 0.299 e. The first-order valence-electron chi connectivity index (χ1n) is 8.05. The molecule has 6 heteroatoms. The summed E-state index contributed by atoms with van der Waals surface area (Å²) in [6, 6.07) is 5.51. The van der Waals surface area contributed by atoms with Crippen molar-refractivity contribution in [1.29, 1.82) is 0 Å². The Morgan fingerprint density at radius 3 is 2.64 bits per heavy atom. The van der Waals surface area contributed by atoms with Gasteiger partial charge in [0, 0.05) is 12.8 Å². The molecule has 25 heavy (non-hydrogen) atoms. The van der Waals surface area contributed by atoms with Gasteiger partial charge in [0.05, 0.1) is 22.0 Å². The molecule has 1 aromatic carbocycles. The molecule has 0 bridgehead atoms. The third-order valence-electron chi connectivity index (χ3n) is 4.61. The van der Waals surface area contributed by atoms with Crippen molar-refractivity contribution >= 4 is 26.3 Å². The predicted octanol–water partition coefficient (Wildman–Crippen LogP) is 3.20. The Bertz CT molecular complexity index is 999. The van der Waals surface area contributed by atoms with Gasteiger partial charge in [0.25, 0.3) is 5.56 Å². The van der Waals surface area contributed by atoms with Gasteiger partial charge in [-0.05, 0) is 50.5 Å². The first-order valence-corrected chi connectivity index (χ1v) is 9.94. The van der Waals surface area contributed by atoms with E-state index in [4.69, 9.17) is 0 Å². The van der Waals surface area contributed by atoms with Crippen LogP contribution in [0.25, 0.3) is 16.5 Å². The highest BCUT2D eigenvalue weighted by atomic mass is 32.2. The summed E-state index contributed by atoms with van der Waals surface area (Å²) in [5, 5.41) is 0.523. The predicted molar refractivity (Wildman–Crippen MR) is 103 cm³/mol. The number of allylic oxidation sites excluding steroid dienone is 3. The Morgan fingerprint density at radius 2 is 2.04 bits per heavy atom. The van der Waals surface area contributed by atoms with Gasteiger partial charge < -0.3 is 0 Å². The number of fused-ring (bicyclic) bond motifs is 1. The molecule has 0 aliphatic rings. The molecule has 0 fully saturated rings. The van der Waals surface area contributed by atoms with Crippen LogP contribution in [0.5, 0.6) is 0 Å². The van der Waals surface area contributed by atoms with E-state index in [1.165, 1.54) is 17.2 Å². The number of nitrogens with zero attached hydrogens (tertiary/aromatic N) is 2. The van der Waals surface area contributed by atoms with E-state index >= 15 is 0 Å². The lowest BCUT2D eigenvalue weighted by Gasteiger charge is -2.22. The summed E-state index contributed by atoms with van der Waals surface area (Å²) in [5.41, 5.74) is 2.48. The molecule has 0 unspecified atom stereocenters. The minimum atomic E-state index is -3.20. The maximum absolute atomic E-state index is 12.6. The summed E-state index contributed by atoms with van der Waals surface area (Å²) in [5.74, 6) is 0. The molecule has 1 aromatic heterocycles. The zero-order chi connectivity index (χ0) is 18.8. The Labute approximate surface area is 148 Å². The van der Waals surface area contributed by atoms with Gasteiger partial charge >= 0.3 is 0 Å². The Hall–Kier alpha value is -2.21. The second-order valence-electron chi connectivity index (χ2n) is 6.84. The van der Waals surface area contributed by atoms with Crippen molar-refractivity contribution in [3.8, 4) is 0 Å². The molecule has 0 aliphatic heterocycles. The Morgan fingerprint density at radius 1 is 1.36 bits per heavy atom. The molecule has 5 nitrogen and oxygen atoms in total. The zero-order valence-corrected chi connectivity index (χ0v) is 15.9. The van der Waals surface area contributed by atoms with Crippen LogP contribution in [0.1, 0.15) is 32.8 Å². The molecule has 0 N–H and O–H groups in total. The Balaban J connectivity index is 2.38. The third kappa shape index (κ3) is 4.07. The van der Waals surface area contributed by atoms with E-state index in [0.29, 0.717) is 23.9 Å². The number of aryl methyl sites for hydroxylation is 1. The highest BCUT2D eigenvalue weighted by Crippen LogP contribution is 2.21. The number of rotatable bonds is 6. The lowest BCUT2D eigenvalue weighted by molar-refractivity contribution is 0.494. The van der Waals surface area contributed by atoms with Crippen LogP contribution in [0.4, 0.5) is 0 Å². The van der Waals surface area contributed by atoms with E-state index in [1.54, 1.807) is 26.0 Å². The summed E-state index contributed by atoms with van der Waals surface area (Å²) in [6.07, 6.45) is 6.66. The minimum absolute atomic E-state index is 0.161. The van der Waals surface area contributed by atoms with E-state index in [1.807, 2.05) is 25.1 Å². The summed E-state index contributed by atoms with van der Waals surface area (Å²) in [4.78, 5) is 17.0. The first kappa shape index (κ1) is 19.1. The summed E-state index contributed by atoms with van der Waals surface area (Å²) < 4.78 is 24.2. The van der Waals surface area contributed by atoms with Gasteiger partial charge in [0.1, 0.15) is 0 Å². The highest BCUT2D eigenvalue weighted by Gasteiger charge is 2.29.